The number of urea groups is 1. The zero-order valence-corrected chi connectivity index (χ0v) is 15.5. The monoisotopic (exact) mass is 382 g/mol. The van der Waals surface area contributed by atoms with E-state index in [1.165, 1.54) is 38.2 Å². The zero-order valence-electron chi connectivity index (χ0n) is 15.5. The fraction of sp³-hybridized carbons (Fsp3) is 0.238. The first-order valence-electron chi connectivity index (χ1n) is 8.71. The second kappa shape index (κ2) is 7.34. The van der Waals surface area contributed by atoms with Gasteiger partial charge in [0.2, 0.25) is 11.8 Å². The van der Waals surface area contributed by atoms with Crippen LogP contribution in [0.15, 0.2) is 54.6 Å². The van der Waals surface area contributed by atoms with Gasteiger partial charge in [-0.25, -0.2) is 9.18 Å². The molecule has 4 amide bonds. The molecule has 2 aromatic rings. The average Bonchev–Trinajstić information content (AvgIpc) is 2.71. The largest absolute Gasteiger partial charge is 0.333 e. The molecule has 0 spiro atoms. The van der Waals surface area contributed by atoms with Gasteiger partial charge < -0.3 is 0 Å². The van der Waals surface area contributed by atoms with Crippen LogP contribution in [0.1, 0.15) is 22.8 Å². The molecule has 2 aromatic carbocycles. The summed E-state index contributed by atoms with van der Waals surface area (Å²) in [6.07, 6.45) is -0.0153. The number of hydrogen-bond donors (Lipinski definition) is 0. The number of hydrogen-bond acceptors (Lipinski definition) is 4. The highest BCUT2D eigenvalue weighted by Crippen LogP contribution is 2.32. The fourth-order valence-corrected chi connectivity index (χ4v) is 3.27. The summed E-state index contributed by atoms with van der Waals surface area (Å²) >= 11 is 0. The summed E-state index contributed by atoms with van der Waals surface area (Å²) in [5, 5.41) is 0. The van der Waals surface area contributed by atoms with E-state index >= 15 is 0 Å². The van der Waals surface area contributed by atoms with Crippen molar-refractivity contribution in [3.63, 3.8) is 0 Å². The molecular formula is C21H19FN2O4. The number of nitrogens with zero attached hydrogens (tertiary/aromatic N) is 2. The average molecular weight is 382 g/mol. The van der Waals surface area contributed by atoms with E-state index in [0.717, 1.165) is 9.80 Å². The number of rotatable bonds is 5. The van der Waals surface area contributed by atoms with Crippen LogP contribution in [0, 0.1) is 11.2 Å². The van der Waals surface area contributed by atoms with Crippen molar-refractivity contribution in [1.82, 2.24) is 9.80 Å². The molecule has 1 heterocycles. The third-order valence-electron chi connectivity index (χ3n) is 4.88. The number of barbiturate groups is 1. The van der Waals surface area contributed by atoms with Gasteiger partial charge in [0.15, 0.2) is 5.78 Å². The smallest absolute Gasteiger partial charge is 0.292 e. The third kappa shape index (κ3) is 3.43. The quantitative estimate of drug-likeness (QED) is 0.589. The maximum atomic E-state index is 13.2. The number of carbonyl (C=O) groups excluding carboxylic acids is 4. The standard InChI is InChI=1S/C21H19FN2O4/c1-21(12-14-8-10-16(22)11-9-14)18(26)23(2)20(28)24(19(21)27)13-17(25)15-6-4-3-5-7-15/h3-11H,12-13H2,1-2H3. The molecule has 3 rings (SSSR count). The van der Waals surface area contributed by atoms with Gasteiger partial charge in [-0.15, -0.1) is 0 Å². The summed E-state index contributed by atoms with van der Waals surface area (Å²) in [5.41, 5.74) is -0.636. The van der Waals surface area contributed by atoms with Crippen molar-refractivity contribution in [2.75, 3.05) is 13.6 Å². The summed E-state index contributed by atoms with van der Waals surface area (Å²) in [6, 6.07) is 12.9. The molecule has 0 N–H and O–H groups in total. The van der Waals surface area contributed by atoms with Gasteiger partial charge in [-0.1, -0.05) is 42.5 Å². The van der Waals surface area contributed by atoms with E-state index in [4.69, 9.17) is 0 Å². The molecule has 1 unspecified atom stereocenters. The van der Waals surface area contributed by atoms with Gasteiger partial charge in [-0.2, -0.15) is 0 Å². The molecule has 28 heavy (non-hydrogen) atoms. The van der Waals surface area contributed by atoms with Gasteiger partial charge in [0, 0.05) is 12.6 Å². The molecule has 0 bridgehead atoms. The van der Waals surface area contributed by atoms with E-state index in [1.54, 1.807) is 30.3 Å². The van der Waals surface area contributed by atoms with Gasteiger partial charge in [-0.05, 0) is 31.0 Å². The molecule has 1 aliphatic rings. The normalized spacial score (nSPS) is 19.9. The molecule has 7 heteroatoms. The van der Waals surface area contributed by atoms with Crippen LogP contribution in [0.5, 0.6) is 0 Å². The first-order chi connectivity index (χ1) is 13.2. The Balaban J connectivity index is 1.90. The second-order valence-electron chi connectivity index (χ2n) is 6.96. The van der Waals surface area contributed by atoms with E-state index < -0.39 is 41.4 Å². The molecule has 1 fully saturated rings. The minimum atomic E-state index is -1.57. The van der Waals surface area contributed by atoms with E-state index in [-0.39, 0.29) is 6.42 Å². The minimum Gasteiger partial charge on any atom is -0.292 e. The van der Waals surface area contributed by atoms with Gasteiger partial charge in [0.05, 0.1) is 6.54 Å². The molecule has 0 radical (unpaired) electrons. The Hall–Kier alpha value is -3.35. The summed E-state index contributed by atoms with van der Waals surface area (Å²) < 4.78 is 13.2. The van der Waals surface area contributed by atoms with E-state index in [2.05, 4.69) is 0 Å². The maximum Gasteiger partial charge on any atom is 0.333 e. The van der Waals surface area contributed by atoms with Gasteiger partial charge in [0.25, 0.3) is 0 Å². The predicted molar refractivity (Wildman–Crippen MR) is 98.9 cm³/mol. The topological polar surface area (TPSA) is 74.8 Å². The Kier molecular flexibility index (Phi) is 5.09. The van der Waals surface area contributed by atoms with Crippen LogP contribution in [0.4, 0.5) is 9.18 Å². The number of ketones is 1. The van der Waals surface area contributed by atoms with Crippen LogP contribution in [0.2, 0.25) is 0 Å². The number of carbonyl (C=O) groups is 4. The highest BCUT2D eigenvalue weighted by molar-refractivity contribution is 6.20. The molecule has 0 aliphatic carbocycles. The zero-order chi connectivity index (χ0) is 20.5. The van der Waals surface area contributed by atoms with Crippen molar-refractivity contribution >= 4 is 23.6 Å². The lowest BCUT2D eigenvalue weighted by molar-refractivity contribution is -0.156. The van der Waals surface area contributed by atoms with Crippen molar-refractivity contribution in [1.29, 1.82) is 0 Å². The van der Waals surface area contributed by atoms with Crippen LogP contribution in [-0.4, -0.2) is 47.0 Å². The Bertz CT molecular complexity index is 943. The van der Waals surface area contributed by atoms with Crippen molar-refractivity contribution in [3.8, 4) is 0 Å². The van der Waals surface area contributed by atoms with Gasteiger partial charge in [-0.3, -0.25) is 24.2 Å². The maximum absolute atomic E-state index is 13.2. The summed E-state index contributed by atoms with van der Waals surface area (Å²) in [5.74, 6) is -2.24. The van der Waals surface area contributed by atoms with Gasteiger partial charge in [0.1, 0.15) is 11.2 Å². The third-order valence-corrected chi connectivity index (χ3v) is 4.88. The summed E-state index contributed by atoms with van der Waals surface area (Å²) in [7, 11) is 1.28. The Labute approximate surface area is 161 Å². The van der Waals surface area contributed by atoms with E-state index in [0.29, 0.717) is 11.1 Å². The molecule has 0 saturated carbocycles. The molecular weight excluding hydrogens is 363 g/mol. The Morgan fingerprint density at radius 3 is 2.18 bits per heavy atom. The van der Waals surface area contributed by atoms with Crippen molar-refractivity contribution < 1.29 is 23.6 Å². The number of benzene rings is 2. The van der Waals surface area contributed by atoms with E-state index in [1.807, 2.05) is 0 Å². The fourth-order valence-electron chi connectivity index (χ4n) is 3.27. The van der Waals surface area contributed by atoms with E-state index in [9.17, 15) is 23.6 Å². The minimum absolute atomic E-state index is 0.0153. The number of amides is 4. The highest BCUT2D eigenvalue weighted by atomic mass is 19.1. The highest BCUT2D eigenvalue weighted by Gasteiger charge is 2.53. The lowest BCUT2D eigenvalue weighted by Crippen LogP contribution is -2.64. The molecule has 0 aromatic heterocycles. The lowest BCUT2D eigenvalue weighted by Gasteiger charge is -2.40. The van der Waals surface area contributed by atoms with Crippen LogP contribution in [0.25, 0.3) is 0 Å². The summed E-state index contributed by atoms with van der Waals surface area (Å²) in [6.45, 7) is 0.974. The van der Waals surface area contributed by atoms with Crippen LogP contribution in [0.3, 0.4) is 0 Å². The SMILES string of the molecule is CN1C(=O)N(CC(=O)c2ccccc2)C(=O)C(C)(Cc2ccc(F)cc2)C1=O. The molecule has 1 atom stereocenters. The van der Waals surface area contributed by atoms with Gasteiger partial charge >= 0.3 is 6.03 Å². The lowest BCUT2D eigenvalue weighted by atomic mass is 9.79. The van der Waals surface area contributed by atoms with Crippen molar-refractivity contribution in [2.45, 2.75) is 13.3 Å². The van der Waals surface area contributed by atoms with Crippen LogP contribution < -0.4 is 0 Å². The van der Waals surface area contributed by atoms with Crippen LogP contribution >= 0.6 is 0 Å². The Morgan fingerprint density at radius 2 is 1.57 bits per heavy atom. The number of imide groups is 2. The van der Waals surface area contributed by atoms with Crippen molar-refractivity contribution in [3.05, 3.63) is 71.5 Å². The molecule has 144 valence electrons. The first kappa shape index (κ1) is 19.4. The molecule has 1 saturated heterocycles. The second-order valence-corrected chi connectivity index (χ2v) is 6.96. The van der Waals surface area contributed by atoms with Crippen molar-refractivity contribution in [2.24, 2.45) is 5.41 Å². The number of Topliss-reactive ketones (excluding diaryl/α,β-unsaturated/α-hetero) is 1. The first-order valence-corrected chi connectivity index (χ1v) is 8.71. The van der Waals surface area contributed by atoms with Crippen LogP contribution in [-0.2, 0) is 16.0 Å². The Morgan fingerprint density at radius 1 is 0.964 bits per heavy atom. The summed E-state index contributed by atoms with van der Waals surface area (Å²) in [4.78, 5) is 52.5. The molecule has 1 aliphatic heterocycles. The molecule has 6 nitrogen and oxygen atoms in total. The predicted octanol–water partition coefficient (Wildman–Crippen LogP) is 2.68. The number of halogens is 1.